The van der Waals surface area contributed by atoms with Crippen molar-refractivity contribution in [1.29, 1.82) is 0 Å². The van der Waals surface area contributed by atoms with E-state index in [1.807, 2.05) is 24.3 Å². The molecule has 2 aliphatic rings. The number of nitrogens with zero attached hydrogens (tertiary/aromatic N) is 1. The molecule has 0 saturated carbocycles. The molecule has 4 heteroatoms. The molecule has 1 aromatic heterocycles. The van der Waals surface area contributed by atoms with Gasteiger partial charge in [-0.3, -0.25) is 0 Å². The van der Waals surface area contributed by atoms with Crippen LogP contribution in [-0.2, 0) is 0 Å². The molecule has 7 aromatic rings. The average Bonchev–Trinajstić information content (AvgIpc) is 3.35. The maximum absolute atomic E-state index is 6.43. The van der Waals surface area contributed by atoms with Gasteiger partial charge in [-0.2, -0.15) is 0 Å². The fourth-order valence-corrected chi connectivity index (χ4v) is 6.57. The van der Waals surface area contributed by atoms with E-state index in [9.17, 15) is 0 Å². The smallest absolute Gasteiger partial charge is 0.260 e. The van der Waals surface area contributed by atoms with Crippen LogP contribution in [0.15, 0.2) is 133 Å². The third kappa shape index (κ3) is 3.02. The summed E-state index contributed by atoms with van der Waals surface area (Å²) in [5.41, 5.74) is 9.35. The summed E-state index contributed by atoms with van der Waals surface area (Å²) in [6.07, 6.45) is 0. The fourth-order valence-electron chi connectivity index (χ4n) is 6.57. The third-order valence-electron chi connectivity index (χ3n) is 8.33. The van der Waals surface area contributed by atoms with Gasteiger partial charge in [0.25, 0.3) is 6.71 Å². The van der Waals surface area contributed by atoms with Gasteiger partial charge in [-0.15, -0.1) is 0 Å². The molecule has 0 radical (unpaired) electrons. The Labute approximate surface area is 231 Å². The molecular formula is C36H22BNO2. The summed E-state index contributed by atoms with van der Waals surface area (Å²) in [4.78, 5) is 0. The molecule has 0 N–H and O–H groups in total. The van der Waals surface area contributed by atoms with Crippen molar-refractivity contribution in [3.05, 3.63) is 133 Å². The molecule has 3 nitrogen and oxygen atoms in total. The van der Waals surface area contributed by atoms with Crippen LogP contribution < -0.4 is 25.9 Å². The van der Waals surface area contributed by atoms with Crippen LogP contribution in [0.5, 0.6) is 23.0 Å². The molecule has 0 atom stereocenters. The maximum atomic E-state index is 6.43. The van der Waals surface area contributed by atoms with E-state index in [1.165, 1.54) is 38.4 Å². The lowest BCUT2D eigenvalue weighted by molar-refractivity contribution is 0.464. The van der Waals surface area contributed by atoms with Gasteiger partial charge >= 0.3 is 0 Å². The molecule has 9 rings (SSSR count). The summed E-state index contributed by atoms with van der Waals surface area (Å²) in [6.45, 7) is 0.0550. The molecule has 0 spiro atoms. The molecule has 0 saturated heterocycles. The van der Waals surface area contributed by atoms with E-state index in [-0.39, 0.29) is 6.71 Å². The molecule has 186 valence electrons. The lowest BCUT2D eigenvalue weighted by Gasteiger charge is -2.33. The second-order valence-corrected chi connectivity index (χ2v) is 10.5. The van der Waals surface area contributed by atoms with Crippen LogP contribution in [0.25, 0.3) is 38.6 Å². The van der Waals surface area contributed by atoms with Gasteiger partial charge < -0.3 is 14.0 Å². The van der Waals surface area contributed by atoms with Gasteiger partial charge in [-0.1, -0.05) is 84.9 Å². The Morgan fingerprint density at radius 3 is 1.98 bits per heavy atom. The van der Waals surface area contributed by atoms with E-state index < -0.39 is 0 Å². The molecular weight excluding hydrogens is 489 g/mol. The standard InChI is InChI=1S/C36H22BNO2/c1-2-9-25(10-3-1)38-30-13-6-4-11-26(30)27-19-17-24(22-31(27)38)23-18-20-33-29(21-23)37-28-12-5-7-14-32(28)39-34-15-8-16-35(40-33)36(34)37/h1-22H. The first kappa shape index (κ1) is 21.7. The van der Waals surface area contributed by atoms with Gasteiger partial charge in [-0.25, -0.2) is 0 Å². The van der Waals surface area contributed by atoms with Crippen molar-refractivity contribution >= 4 is 44.9 Å². The Morgan fingerprint density at radius 2 is 1.10 bits per heavy atom. The second-order valence-electron chi connectivity index (χ2n) is 10.5. The Balaban J connectivity index is 1.26. The molecule has 0 fully saturated rings. The van der Waals surface area contributed by atoms with Crippen molar-refractivity contribution in [2.45, 2.75) is 0 Å². The highest BCUT2D eigenvalue weighted by molar-refractivity contribution is 6.98. The molecule has 0 bridgehead atoms. The van der Waals surface area contributed by atoms with Crippen molar-refractivity contribution in [1.82, 2.24) is 4.57 Å². The molecule has 2 aliphatic heterocycles. The van der Waals surface area contributed by atoms with E-state index in [1.54, 1.807) is 0 Å². The van der Waals surface area contributed by atoms with E-state index in [2.05, 4.69) is 114 Å². The SMILES string of the molecule is c1ccc(-n2c3ccccc3c3ccc(-c4ccc5c(c4)B4c6ccccc6Oc6cccc(c64)O5)cc32)cc1. The highest BCUT2D eigenvalue weighted by Crippen LogP contribution is 2.37. The normalized spacial score (nSPS) is 12.8. The Hall–Kier alpha value is -5.22. The van der Waals surface area contributed by atoms with Gasteiger partial charge in [0.2, 0.25) is 0 Å². The lowest BCUT2D eigenvalue weighted by atomic mass is 9.35. The minimum atomic E-state index is 0.0550. The molecule has 6 aromatic carbocycles. The zero-order chi connectivity index (χ0) is 26.2. The zero-order valence-electron chi connectivity index (χ0n) is 21.5. The Kier molecular flexibility index (Phi) is 4.41. The number of para-hydroxylation sites is 3. The number of rotatable bonds is 2. The summed E-state index contributed by atoms with van der Waals surface area (Å²) in [6, 6.07) is 47.1. The highest BCUT2D eigenvalue weighted by Gasteiger charge is 2.39. The zero-order valence-corrected chi connectivity index (χ0v) is 21.5. The summed E-state index contributed by atoms with van der Waals surface area (Å²) in [5.74, 6) is 3.54. The van der Waals surface area contributed by atoms with Gasteiger partial charge in [0.15, 0.2) is 0 Å². The van der Waals surface area contributed by atoms with Gasteiger partial charge in [0.1, 0.15) is 23.0 Å². The van der Waals surface area contributed by atoms with Crippen LogP contribution in [0.2, 0.25) is 0 Å². The van der Waals surface area contributed by atoms with Crippen LogP contribution in [0.3, 0.4) is 0 Å². The molecule has 0 amide bonds. The number of aromatic nitrogens is 1. The van der Waals surface area contributed by atoms with Crippen LogP contribution in [0.4, 0.5) is 0 Å². The van der Waals surface area contributed by atoms with Crippen molar-refractivity contribution in [3.8, 4) is 39.8 Å². The quantitative estimate of drug-likeness (QED) is 0.230. The average molecular weight is 511 g/mol. The molecule has 0 unspecified atom stereocenters. The van der Waals surface area contributed by atoms with Gasteiger partial charge in [-0.05, 0) is 70.6 Å². The van der Waals surface area contributed by atoms with Crippen LogP contribution in [0, 0.1) is 0 Å². The molecule has 0 aliphatic carbocycles. The maximum Gasteiger partial charge on any atom is 0.260 e. The minimum absolute atomic E-state index is 0.0550. The predicted octanol–water partition coefficient (Wildman–Crippen LogP) is 7.18. The van der Waals surface area contributed by atoms with Crippen molar-refractivity contribution < 1.29 is 9.47 Å². The summed E-state index contributed by atoms with van der Waals surface area (Å²) < 4.78 is 15.1. The predicted molar refractivity (Wildman–Crippen MR) is 164 cm³/mol. The van der Waals surface area contributed by atoms with Gasteiger partial charge in [0.05, 0.1) is 11.0 Å². The summed E-state index contributed by atoms with van der Waals surface area (Å²) in [7, 11) is 0. The topological polar surface area (TPSA) is 23.4 Å². The van der Waals surface area contributed by atoms with E-state index in [4.69, 9.17) is 9.47 Å². The minimum Gasteiger partial charge on any atom is -0.458 e. The monoisotopic (exact) mass is 511 g/mol. The van der Waals surface area contributed by atoms with Crippen molar-refractivity contribution in [3.63, 3.8) is 0 Å². The van der Waals surface area contributed by atoms with Crippen molar-refractivity contribution in [2.75, 3.05) is 0 Å². The first-order valence-electron chi connectivity index (χ1n) is 13.6. The fraction of sp³-hybridized carbons (Fsp3) is 0. The van der Waals surface area contributed by atoms with E-state index >= 15 is 0 Å². The second kappa shape index (κ2) is 8.14. The lowest BCUT2D eigenvalue weighted by Crippen LogP contribution is -2.57. The first-order chi connectivity index (χ1) is 19.8. The third-order valence-corrected chi connectivity index (χ3v) is 8.33. The van der Waals surface area contributed by atoms with E-state index in [0.717, 1.165) is 39.6 Å². The summed E-state index contributed by atoms with van der Waals surface area (Å²) >= 11 is 0. The number of ether oxygens (including phenoxy) is 2. The number of hydrogen-bond acceptors (Lipinski definition) is 2. The largest absolute Gasteiger partial charge is 0.458 e. The van der Waals surface area contributed by atoms with E-state index in [0.29, 0.717) is 0 Å². The number of hydrogen-bond donors (Lipinski definition) is 0. The number of benzene rings is 6. The molecule has 3 heterocycles. The Bertz CT molecular complexity index is 2120. The van der Waals surface area contributed by atoms with Gasteiger partial charge in [0, 0.05) is 21.9 Å². The number of fused-ring (bicyclic) bond motifs is 7. The Morgan fingerprint density at radius 1 is 0.450 bits per heavy atom. The van der Waals surface area contributed by atoms with Crippen LogP contribution in [-0.4, -0.2) is 11.3 Å². The highest BCUT2D eigenvalue weighted by atomic mass is 16.5. The van der Waals surface area contributed by atoms with Crippen LogP contribution >= 0.6 is 0 Å². The summed E-state index contributed by atoms with van der Waals surface area (Å²) in [5, 5.41) is 2.51. The van der Waals surface area contributed by atoms with Crippen LogP contribution in [0.1, 0.15) is 0 Å². The molecule has 40 heavy (non-hydrogen) atoms. The van der Waals surface area contributed by atoms with Crippen molar-refractivity contribution in [2.24, 2.45) is 0 Å². The first-order valence-corrected chi connectivity index (χ1v) is 13.6.